The van der Waals surface area contributed by atoms with E-state index in [4.69, 9.17) is 4.74 Å². The number of rotatable bonds is 5. The fraction of sp³-hybridized carbons (Fsp3) is 0.421. The molecule has 0 radical (unpaired) electrons. The molecule has 5 nitrogen and oxygen atoms in total. The molecular weight excluding hydrogens is 336 g/mol. The van der Waals surface area contributed by atoms with Crippen molar-refractivity contribution in [1.29, 1.82) is 0 Å². The number of carbonyl (C=O) groups excluding carboxylic acids is 2. The van der Waals surface area contributed by atoms with Gasteiger partial charge in [0.05, 0.1) is 10.7 Å². The van der Waals surface area contributed by atoms with Crippen LogP contribution in [0.2, 0.25) is 0 Å². The van der Waals surface area contributed by atoms with Gasteiger partial charge >= 0.3 is 5.97 Å². The van der Waals surface area contributed by atoms with Crippen molar-refractivity contribution in [3.63, 3.8) is 0 Å². The van der Waals surface area contributed by atoms with Crippen LogP contribution in [0.1, 0.15) is 47.3 Å². The Kier molecular flexibility index (Phi) is 5.48. The number of aryl methyl sites for hydroxylation is 1. The molecule has 0 saturated heterocycles. The summed E-state index contributed by atoms with van der Waals surface area (Å²) in [6, 6.07) is 9.73. The van der Waals surface area contributed by atoms with E-state index < -0.39 is 12.1 Å². The minimum Gasteiger partial charge on any atom is -0.448 e. The molecule has 1 aliphatic carbocycles. The van der Waals surface area contributed by atoms with Crippen LogP contribution in [0.5, 0.6) is 0 Å². The van der Waals surface area contributed by atoms with Gasteiger partial charge in [-0.25, -0.2) is 9.78 Å². The number of hydrogen-bond donors (Lipinski definition) is 1. The summed E-state index contributed by atoms with van der Waals surface area (Å²) in [5.41, 5.74) is 1.47. The molecule has 1 N–H and O–H groups in total. The molecule has 0 spiro atoms. The van der Waals surface area contributed by atoms with Crippen LogP contribution in [0.4, 0.5) is 0 Å². The molecule has 2 aromatic rings. The van der Waals surface area contributed by atoms with Gasteiger partial charge in [-0.1, -0.05) is 43.2 Å². The fourth-order valence-corrected chi connectivity index (χ4v) is 3.84. The summed E-state index contributed by atoms with van der Waals surface area (Å²) in [7, 11) is 0. The zero-order valence-corrected chi connectivity index (χ0v) is 15.3. The highest BCUT2D eigenvalue weighted by molar-refractivity contribution is 7.14. The van der Waals surface area contributed by atoms with Crippen LogP contribution < -0.4 is 5.32 Å². The van der Waals surface area contributed by atoms with E-state index in [1.165, 1.54) is 11.3 Å². The van der Waals surface area contributed by atoms with E-state index in [9.17, 15) is 9.59 Å². The molecular formula is C19H22N2O3S. The average molecular weight is 358 g/mol. The average Bonchev–Trinajstić information content (AvgIpc) is 3.25. The normalized spacial score (nSPS) is 15.8. The van der Waals surface area contributed by atoms with Gasteiger partial charge < -0.3 is 10.1 Å². The van der Waals surface area contributed by atoms with Crippen molar-refractivity contribution in [2.24, 2.45) is 0 Å². The van der Waals surface area contributed by atoms with E-state index in [1.807, 2.05) is 37.3 Å². The lowest BCUT2D eigenvalue weighted by Gasteiger charge is -2.17. The number of esters is 1. The topological polar surface area (TPSA) is 68.3 Å². The Morgan fingerprint density at radius 1 is 1.24 bits per heavy atom. The first kappa shape index (κ1) is 17.6. The Bertz CT molecular complexity index is 751. The zero-order valence-electron chi connectivity index (χ0n) is 14.5. The van der Waals surface area contributed by atoms with Gasteiger partial charge in [0.25, 0.3) is 5.91 Å². The van der Waals surface area contributed by atoms with Crippen LogP contribution in [-0.4, -0.2) is 29.0 Å². The molecule has 0 bridgehead atoms. The Labute approximate surface area is 151 Å². The van der Waals surface area contributed by atoms with Crippen molar-refractivity contribution >= 4 is 23.2 Å². The van der Waals surface area contributed by atoms with E-state index in [1.54, 1.807) is 6.92 Å². The minimum atomic E-state index is -0.820. The number of nitrogens with zero attached hydrogens (tertiary/aromatic N) is 1. The molecule has 25 heavy (non-hydrogen) atoms. The lowest BCUT2D eigenvalue weighted by atomic mass is 10.1. The second kappa shape index (κ2) is 7.78. The van der Waals surface area contributed by atoms with Gasteiger partial charge in [0.2, 0.25) is 0 Å². The summed E-state index contributed by atoms with van der Waals surface area (Å²) in [5, 5.41) is 3.74. The molecule has 1 aromatic carbocycles. The van der Waals surface area contributed by atoms with Gasteiger partial charge in [-0.2, -0.15) is 0 Å². The van der Waals surface area contributed by atoms with Crippen LogP contribution in [0.15, 0.2) is 30.3 Å². The van der Waals surface area contributed by atoms with Crippen molar-refractivity contribution in [1.82, 2.24) is 10.3 Å². The number of benzene rings is 1. The lowest BCUT2D eigenvalue weighted by Crippen LogP contribution is -2.40. The Morgan fingerprint density at radius 3 is 2.60 bits per heavy atom. The van der Waals surface area contributed by atoms with Gasteiger partial charge in [0, 0.05) is 11.6 Å². The zero-order chi connectivity index (χ0) is 17.8. The molecule has 1 atom stereocenters. The summed E-state index contributed by atoms with van der Waals surface area (Å²) in [5.74, 6) is -0.735. The van der Waals surface area contributed by atoms with Crippen molar-refractivity contribution in [3.05, 3.63) is 40.2 Å². The number of nitrogens with one attached hydrogen (secondary N) is 1. The molecule has 132 valence electrons. The highest BCUT2D eigenvalue weighted by Gasteiger charge is 2.26. The Morgan fingerprint density at radius 2 is 1.92 bits per heavy atom. The van der Waals surface area contributed by atoms with Crippen LogP contribution in [0.25, 0.3) is 11.3 Å². The summed E-state index contributed by atoms with van der Waals surface area (Å²) in [6.45, 7) is 3.46. The minimum absolute atomic E-state index is 0.208. The standard InChI is InChI=1S/C19H22N2O3S/c1-12(18(22)21-15-10-6-7-11-15)24-19(23)17-16(20-13(2)25-17)14-8-4-3-5-9-14/h3-5,8-9,12,15H,6-7,10-11H2,1-2H3,(H,21,22)/t12-/m0/s1. The maximum Gasteiger partial charge on any atom is 0.351 e. The van der Waals surface area contributed by atoms with Gasteiger partial charge in [-0.15, -0.1) is 11.3 Å². The van der Waals surface area contributed by atoms with E-state index in [0.717, 1.165) is 36.3 Å². The number of amides is 1. The van der Waals surface area contributed by atoms with Crippen molar-refractivity contribution < 1.29 is 14.3 Å². The van der Waals surface area contributed by atoms with Gasteiger partial charge in [0.1, 0.15) is 4.88 Å². The van der Waals surface area contributed by atoms with Crippen LogP contribution in [0.3, 0.4) is 0 Å². The maximum atomic E-state index is 12.6. The fourth-order valence-electron chi connectivity index (χ4n) is 3.01. The smallest absolute Gasteiger partial charge is 0.351 e. The lowest BCUT2D eigenvalue weighted by molar-refractivity contribution is -0.129. The first-order valence-corrected chi connectivity index (χ1v) is 9.40. The third kappa shape index (κ3) is 4.25. The second-order valence-electron chi connectivity index (χ2n) is 6.31. The third-order valence-electron chi connectivity index (χ3n) is 4.32. The number of thiazole rings is 1. The highest BCUT2D eigenvalue weighted by Crippen LogP contribution is 2.29. The molecule has 1 saturated carbocycles. The van der Waals surface area contributed by atoms with Gasteiger partial charge in [0.15, 0.2) is 6.10 Å². The van der Waals surface area contributed by atoms with E-state index in [-0.39, 0.29) is 11.9 Å². The summed E-state index contributed by atoms with van der Waals surface area (Å²) < 4.78 is 5.40. The van der Waals surface area contributed by atoms with Crippen molar-refractivity contribution in [2.45, 2.75) is 51.7 Å². The number of hydrogen-bond acceptors (Lipinski definition) is 5. The summed E-state index contributed by atoms with van der Waals surface area (Å²) in [6.07, 6.45) is 3.45. The first-order chi connectivity index (χ1) is 12.0. The second-order valence-corrected chi connectivity index (χ2v) is 7.52. The molecule has 1 heterocycles. The quantitative estimate of drug-likeness (QED) is 0.827. The predicted octanol–water partition coefficient (Wildman–Crippen LogP) is 3.72. The third-order valence-corrected chi connectivity index (χ3v) is 5.27. The molecule has 0 aliphatic heterocycles. The maximum absolute atomic E-state index is 12.6. The largest absolute Gasteiger partial charge is 0.448 e. The number of aromatic nitrogens is 1. The van der Waals surface area contributed by atoms with Crippen molar-refractivity contribution in [3.8, 4) is 11.3 Å². The summed E-state index contributed by atoms with van der Waals surface area (Å²) in [4.78, 5) is 29.7. The van der Waals surface area contributed by atoms with E-state index in [2.05, 4.69) is 10.3 Å². The van der Waals surface area contributed by atoms with Crippen molar-refractivity contribution in [2.75, 3.05) is 0 Å². The van der Waals surface area contributed by atoms with Crippen LogP contribution in [-0.2, 0) is 9.53 Å². The molecule has 1 aliphatic rings. The monoisotopic (exact) mass is 358 g/mol. The first-order valence-electron chi connectivity index (χ1n) is 8.59. The van der Waals surface area contributed by atoms with E-state index in [0.29, 0.717) is 10.6 Å². The molecule has 1 fully saturated rings. The van der Waals surface area contributed by atoms with Crippen LogP contribution >= 0.6 is 11.3 Å². The number of ether oxygens (including phenoxy) is 1. The van der Waals surface area contributed by atoms with Gasteiger partial charge in [-0.05, 0) is 26.7 Å². The Balaban J connectivity index is 1.70. The van der Waals surface area contributed by atoms with Crippen LogP contribution in [0, 0.1) is 6.92 Å². The predicted molar refractivity (Wildman–Crippen MR) is 97.6 cm³/mol. The van der Waals surface area contributed by atoms with Gasteiger partial charge in [-0.3, -0.25) is 4.79 Å². The summed E-state index contributed by atoms with van der Waals surface area (Å²) >= 11 is 1.29. The van der Waals surface area contributed by atoms with E-state index >= 15 is 0 Å². The highest BCUT2D eigenvalue weighted by atomic mass is 32.1. The molecule has 1 amide bonds. The molecule has 0 unspecified atom stereocenters. The molecule has 1 aromatic heterocycles. The SMILES string of the molecule is Cc1nc(-c2ccccc2)c(C(=O)O[C@@H](C)C(=O)NC2CCCC2)s1. The Hall–Kier alpha value is -2.21. The molecule has 6 heteroatoms. The molecule has 3 rings (SSSR count). The number of carbonyl (C=O) groups is 2.